The Morgan fingerprint density at radius 3 is 2.43 bits per heavy atom. The first-order valence-electron chi connectivity index (χ1n) is 6.04. The van der Waals surface area contributed by atoms with Crippen LogP contribution in [-0.2, 0) is 6.54 Å². The van der Waals surface area contributed by atoms with Crippen molar-refractivity contribution in [3.8, 4) is 5.75 Å². The summed E-state index contributed by atoms with van der Waals surface area (Å²) in [6.07, 6.45) is 0. The Morgan fingerprint density at radius 2 is 1.86 bits per heavy atom. The molecule has 0 amide bonds. The van der Waals surface area contributed by atoms with Gasteiger partial charge >= 0.3 is 0 Å². The molecule has 0 aliphatic rings. The highest BCUT2D eigenvalue weighted by Crippen LogP contribution is 2.34. The van der Waals surface area contributed by atoms with Gasteiger partial charge in [0, 0.05) is 23.9 Å². The predicted octanol–water partition coefficient (Wildman–Crippen LogP) is 4.53. The number of rotatable bonds is 4. The molecule has 0 unspecified atom stereocenters. The first-order chi connectivity index (χ1) is 9.88. The van der Waals surface area contributed by atoms with Crippen LogP contribution in [0.1, 0.15) is 11.1 Å². The van der Waals surface area contributed by atoms with Gasteiger partial charge in [-0.15, -0.1) is 0 Å². The van der Waals surface area contributed by atoms with E-state index in [9.17, 15) is 15.2 Å². The van der Waals surface area contributed by atoms with Crippen LogP contribution < -0.4 is 5.32 Å². The van der Waals surface area contributed by atoms with E-state index in [4.69, 9.17) is 23.2 Å². The van der Waals surface area contributed by atoms with Gasteiger partial charge in [0.05, 0.1) is 15.0 Å². The average molecular weight is 327 g/mol. The summed E-state index contributed by atoms with van der Waals surface area (Å²) in [5.41, 5.74) is 2.06. The average Bonchev–Trinajstić information content (AvgIpc) is 2.43. The lowest BCUT2D eigenvalue weighted by Gasteiger charge is -2.09. The number of hydrogen-bond acceptors (Lipinski definition) is 4. The molecule has 0 fully saturated rings. The smallest absolute Gasteiger partial charge is 0.272 e. The second kappa shape index (κ2) is 6.20. The molecule has 0 aromatic heterocycles. The fourth-order valence-corrected chi connectivity index (χ4v) is 2.32. The number of nitro benzene ring substituents is 1. The molecule has 0 heterocycles. The fraction of sp³-hybridized carbons (Fsp3) is 0.143. The molecular weight excluding hydrogens is 315 g/mol. The van der Waals surface area contributed by atoms with Gasteiger partial charge in [0.2, 0.25) is 0 Å². The first kappa shape index (κ1) is 15.4. The van der Waals surface area contributed by atoms with Gasteiger partial charge in [0.1, 0.15) is 0 Å². The number of phenolic OH excluding ortho intramolecular Hbond substituents is 1. The van der Waals surface area contributed by atoms with E-state index in [1.165, 1.54) is 18.2 Å². The van der Waals surface area contributed by atoms with Crippen molar-refractivity contribution in [1.29, 1.82) is 0 Å². The molecule has 0 spiro atoms. The molecule has 110 valence electrons. The Morgan fingerprint density at radius 1 is 1.24 bits per heavy atom. The number of aromatic hydroxyl groups is 1. The minimum atomic E-state index is -0.410. The molecule has 2 aromatic rings. The van der Waals surface area contributed by atoms with Crippen LogP contribution in [0.25, 0.3) is 0 Å². The number of anilines is 1. The zero-order valence-electron chi connectivity index (χ0n) is 11.1. The highest BCUT2D eigenvalue weighted by Gasteiger charge is 2.11. The van der Waals surface area contributed by atoms with Crippen molar-refractivity contribution in [2.45, 2.75) is 13.5 Å². The van der Waals surface area contributed by atoms with Gasteiger partial charge in [0.25, 0.3) is 5.69 Å². The number of hydrogen-bond donors (Lipinski definition) is 2. The molecule has 2 aromatic carbocycles. The zero-order valence-corrected chi connectivity index (χ0v) is 12.6. The Hall–Kier alpha value is -1.98. The van der Waals surface area contributed by atoms with Crippen LogP contribution in [0.3, 0.4) is 0 Å². The summed E-state index contributed by atoms with van der Waals surface area (Å²) in [6.45, 7) is 2.06. The molecule has 0 radical (unpaired) electrons. The number of phenols is 1. The van der Waals surface area contributed by atoms with Crippen molar-refractivity contribution in [3.05, 3.63) is 61.6 Å². The topological polar surface area (TPSA) is 75.4 Å². The maximum absolute atomic E-state index is 10.9. The van der Waals surface area contributed by atoms with E-state index in [0.717, 1.165) is 5.56 Å². The van der Waals surface area contributed by atoms with Crippen molar-refractivity contribution >= 4 is 34.6 Å². The molecule has 2 N–H and O–H groups in total. The van der Waals surface area contributed by atoms with Crippen LogP contribution in [0, 0.1) is 17.0 Å². The third kappa shape index (κ3) is 3.56. The number of nitrogens with zero attached hydrogens (tertiary/aromatic N) is 1. The summed E-state index contributed by atoms with van der Waals surface area (Å²) in [6, 6.07) is 8.09. The largest absolute Gasteiger partial charge is 0.505 e. The molecule has 2 rings (SSSR count). The minimum absolute atomic E-state index is 0.0797. The first-order valence-corrected chi connectivity index (χ1v) is 6.80. The SMILES string of the molecule is Cc1ccc(CNc2cc(Cl)c(O)c(Cl)c2)cc1[N+](=O)[O-]. The Labute approximate surface area is 131 Å². The van der Waals surface area contributed by atoms with Crippen LogP contribution in [0.5, 0.6) is 5.75 Å². The van der Waals surface area contributed by atoms with Gasteiger partial charge in [-0.05, 0) is 24.6 Å². The monoisotopic (exact) mass is 326 g/mol. The standard InChI is InChI=1S/C14H12Cl2N2O3/c1-8-2-3-9(4-13(8)18(20)21)7-17-10-5-11(15)14(19)12(16)6-10/h2-6,17,19H,7H2,1H3. The molecule has 0 saturated carbocycles. The van der Waals surface area contributed by atoms with Gasteiger partial charge < -0.3 is 10.4 Å². The Balaban J connectivity index is 2.17. The number of nitrogens with one attached hydrogen (secondary N) is 1. The lowest BCUT2D eigenvalue weighted by molar-refractivity contribution is -0.385. The van der Waals surface area contributed by atoms with Crippen molar-refractivity contribution in [2.75, 3.05) is 5.32 Å². The highest BCUT2D eigenvalue weighted by atomic mass is 35.5. The van der Waals surface area contributed by atoms with Crippen LogP contribution in [0.15, 0.2) is 30.3 Å². The van der Waals surface area contributed by atoms with E-state index in [0.29, 0.717) is 17.8 Å². The van der Waals surface area contributed by atoms with Gasteiger partial charge in [0.15, 0.2) is 5.75 Å². The molecule has 0 aliphatic carbocycles. The molecule has 0 atom stereocenters. The van der Waals surface area contributed by atoms with Crippen molar-refractivity contribution in [2.24, 2.45) is 0 Å². The van der Waals surface area contributed by atoms with Crippen molar-refractivity contribution in [1.82, 2.24) is 0 Å². The molecule has 21 heavy (non-hydrogen) atoms. The maximum atomic E-state index is 10.9. The van der Waals surface area contributed by atoms with E-state index >= 15 is 0 Å². The number of benzene rings is 2. The number of aryl methyl sites for hydroxylation is 1. The predicted molar refractivity (Wildman–Crippen MR) is 83.3 cm³/mol. The summed E-state index contributed by atoms with van der Waals surface area (Å²) >= 11 is 11.6. The molecule has 0 bridgehead atoms. The lowest BCUT2D eigenvalue weighted by atomic mass is 10.1. The second-order valence-corrected chi connectivity index (χ2v) is 5.33. The van der Waals surface area contributed by atoms with Crippen LogP contribution in [0.4, 0.5) is 11.4 Å². The third-order valence-corrected chi connectivity index (χ3v) is 3.56. The van der Waals surface area contributed by atoms with Gasteiger partial charge in [-0.25, -0.2) is 0 Å². The second-order valence-electron chi connectivity index (χ2n) is 4.52. The fourth-order valence-electron chi connectivity index (χ4n) is 1.83. The Kier molecular flexibility index (Phi) is 4.55. The quantitative estimate of drug-likeness (QED) is 0.491. The summed E-state index contributed by atoms with van der Waals surface area (Å²) < 4.78 is 0. The number of nitro groups is 1. The van der Waals surface area contributed by atoms with Crippen LogP contribution in [0.2, 0.25) is 10.0 Å². The third-order valence-electron chi connectivity index (χ3n) is 2.98. The minimum Gasteiger partial charge on any atom is -0.505 e. The van der Waals surface area contributed by atoms with Crippen LogP contribution in [-0.4, -0.2) is 10.0 Å². The molecule has 7 heteroatoms. The zero-order chi connectivity index (χ0) is 15.6. The van der Waals surface area contributed by atoms with E-state index in [1.54, 1.807) is 19.1 Å². The number of halogens is 2. The van der Waals surface area contributed by atoms with Gasteiger partial charge in [-0.1, -0.05) is 35.3 Å². The van der Waals surface area contributed by atoms with Crippen LogP contribution >= 0.6 is 23.2 Å². The van der Waals surface area contributed by atoms with Gasteiger partial charge in [-0.3, -0.25) is 10.1 Å². The van der Waals surface area contributed by atoms with E-state index in [2.05, 4.69) is 5.32 Å². The molecular formula is C14H12Cl2N2O3. The molecule has 0 saturated heterocycles. The summed E-state index contributed by atoms with van der Waals surface area (Å²) in [7, 11) is 0. The molecule has 0 aliphatic heterocycles. The van der Waals surface area contributed by atoms with E-state index < -0.39 is 4.92 Å². The van der Waals surface area contributed by atoms with E-state index in [1.807, 2.05) is 0 Å². The molecule has 5 nitrogen and oxygen atoms in total. The van der Waals surface area contributed by atoms with Crippen molar-refractivity contribution < 1.29 is 10.0 Å². The summed E-state index contributed by atoms with van der Waals surface area (Å²) in [5, 5.41) is 23.7. The Bertz CT molecular complexity index is 682. The maximum Gasteiger partial charge on any atom is 0.272 e. The van der Waals surface area contributed by atoms with Crippen molar-refractivity contribution in [3.63, 3.8) is 0 Å². The van der Waals surface area contributed by atoms with E-state index in [-0.39, 0.29) is 21.5 Å². The highest BCUT2D eigenvalue weighted by molar-refractivity contribution is 6.37. The van der Waals surface area contributed by atoms with Gasteiger partial charge in [-0.2, -0.15) is 0 Å². The lowest BCUT2D eigenvalue weighted by Crippen LogP contribution is -2.01. The summed E-state index contributed by atoms with van der Waals surface area (Å²) in [4.78, 5) is 10.5. The normalized spacial score (nSPS) is 10.4. The summed E-state index contributed by atoms with van der Waals surface area (Å²) in [5.74, 6) is -0.171.